The average Bonchev–Trinajstić information content (AvgIpc) is 3.52. The van der Waals surface area contributed by atoms with Gasteiger partial charge in [0.05, 0.1) is 18.3 Å². The first-order chi connectivity index (χ1) is 14.1. The van der Waals surface area contributed by atoms with Crippen LogP contribution in [0.25, 0.3) is 10.9 Å². The Kier molecular flexibility index (Phi) is 3.49. The number of carbonyl (C=O) groups is 3. The van der Waals surface area contributed by atoms with Crippen LogP contribution in [0.4, 0.5) is 0 Å². The average molecular weight is 388 g/mol. The van der Waals surface area contributed by atoms with Crippen molar-refractivity contribution in [3.63, 3.8) is 0 Å². The van der Waals surface area contributed by atoms with Gasteiger partial charge in [0.1, 0.15) is 5.52 Å². The predicted molar refractivity (Wildman–Crippen MR) is 103 cm³/mol. The zero-order chi connectivity index (χ0) is 19.7. The Morgan fingerprint density at radius 2 is 1.72 bits per heavy atom. The third-order valence-electron chi connectivity index (χ3n) is 7.11. The highest BCUT2D eigenvalue weighted by molar-refractivity contribution is 6.06. The summed E-state index contributed by atoms with van der Waals surface area (Å²) in [6, 6.07) is 9.12. The molecule has 2 amide bonds. The molecule has 146 valence electrons. The van der Waals surface area contributed by atoms with Gasteiger partial charge in [-0.05, 0) is 42.2 Å². The first-order valence-corrected chi connectivity index (χ1v) is 10.2. The summed E-state index contributed by atoms with van der Waals surface area (Å²) in [4.78, 5) is 43.9. The summed E-state index contributed by atoms with van der Waals surface area (Å²) in [5.41, 5.74) is 0.615. The van der Waals surface area contributed by atoms with E-state index in [1.807, 2.05) is 18.2 Å². The van der Waals surface area contributed by atoms with Gasteiger partial charge in [-0.3, -0.25) is 24.3 Å². The number of allylic oxidation sites excluding steroid dienone is 2. The molecule has 0 spiro atoms. The molecule has 0 unspecified atom stereocenters. The van der Waals surface area contributed by atoms with Gasteiger partial charge in [-0.2, -0.15) is 0 Å². The van der Waals surface area contributed by atoms with E-state index in [0.717, 1.165) is 11.8 Å². The molecule has 5 aliphatic rings. The van der Waals surface area contributed by atoms with Crippen molar-refractivity contribution in [2.75, 3.05) is 6.54 Å². The predicted octanol–water partition coefficient (Wildman–Crippen LogP) is 2.58. The molecule has 0 radical (unpaired) electrons. The number of carbonyl (C=O) groups excluding carboxylic acids is 3. The Morgan fingerprint density at radius 3 is 2.45 bits per heavy atom. The lowest BCUT2D eigenvalue weighted by atomic mass is 9.63. The number of benzene rings is 1. The van der Waals surface area contributed by atoms with Gasteiger partial charge < -0.3 is 4.74 Å². The van der Waals surface area contributed by atoms with Crippen molar-refractivity contribution in [1.29, 1.82) is 0 Å². The molecular weight excluding hydrogens is 368 g/mol. The highest BCUT2D eigenvalue weighted by Gasteiger charge is 2.66. The van der Waals surface area contributed by atoms with Gasteiger partial charge in [-0.25, -0.2) is 0 Å². The summed E-state index contributed by atoms with van der Waals surface area (Å²) in [6.07, 6.45) is 7.07. The maximum atomic E-state index is 13.0. The topological polar surface area (TPSA) is 76.6 Å². The van der Waals surface area contributed by atoms with Gasteiger partial charge >= 0.3 is 5.97 Å². The second-order valence-electron chi connectivity index (χ2n) is 8.54. The summed E-state index contributed by atoms with van der Waals surface area (Å²) in [6.45, 7) is 0.0798. The summed E-state index contributed by atoms with van der Waals surface area (Å²) in [5.74, 6) is 0.812. The van der Waals surface area contributed by atoms with Crippen LogP contribution in [-0.4, -0.2) is 34.2 Å². The van der Waals surface area contributed by atoms with E-state index in [4.69, 9.17) is 4.74 Å². The Balaban J connectivity index is 1.15. The Labute approximate surface area is 167 Å². The zero-order valence-corrected chi connectivity index (χ0v) is 15.7. The molecule has 3 fully saturated rings. The molecule has 2 heterocycles. The van der Waals surface area contributed by atoms with Gasteiger partial charge in [-0.1, -0.05) is 30.4 Å². The minimum Gasteiger partial charge on any atom is -0.424 e. The Bertz CT molecular complexity index is 1050. The van der Waals surface area contributed by atoms with Crippen molar-refractivity contribution in [3.05, 3.63) is 48.7 Å². The number of esters is 1. The number of likely N-dealkylation sites (tertiary alicyclic amines) is 1. The van der Waals surface area contributed by atoms with Crippen molar-refractivity contribution in [3.8, 4) is 5.75 Å². The number of hydrogen-bond acceptors (Lipinski definition) is 5. The van der Waals surface area contributed by atoms with E-state index < -0.39 is 5.97 Å². The number of fused-ring (bicyclic) bond motifs is 1. The Morgan fingerprint density at radius 1 is 1.03 bits per heavy atom. The van der Waals surface area contributed by atoms with Crippen LogP contribution < -0.4 is 4.74 Å². The minimum atomic E-state index is -0.470. The molecule has 4 aliphatic carbocycles. The van der Waals surface area contributed by atoms with Crippen molar-refractivity contribution in [2.45, 2.75) is 12.8 Å². The number of rotatable bonds is 4. The van der Waals surface area contributed by atoms with Crippen molar-refractivity contribution in [2.24, 2.45) is 35.5 Å². The molecule has 2 saturated carbocycles. The van der Waals surface area contributed by atoms with Crippen LogP contribution in [0.5, 0.6) is 5.75 Å². The number of amides is 2. The van der Waals surface area contributed by atoms with E-state index in [1.54, 1.807) is 18.3 Å². The standard InChI is InChI=1S/C23H20N2O4/c26-18(29-17-5-1-3-12-4-2-9-24-21(12)17)8-10-25-22(27)19-13-6-7-14(16-11-15(13)16)20(19)23(25)28/h1-7,9,13-16,19-20H,8,10-11H2/t13-,14-,15-,16-,19-,20+/m0/s1. The van der Waals surface area contributed by atoms with Gasteiger partial charge in [0.15, 0.2) is 5.75 Å². The monoisotopic (exact) mass is 388 g/mol. The van der Waals surface area contributed by atoms with E-state index in [2.05, 4.69) is 17.1 Å². The normalized spacial score (nSPS) is 33.7. The van der Waals surface area contributed by atoms with Crippen LogP contribution in [0.1, 0.15) is 12.8 Å². The summed E-state index contributed by atoms with van der Waals surface area (Å²) < 4.78 is 5.49. The second kappa shape index (κ2) is 5.99. The first kappa shape index (κ1) is 16.9. The number of nitrogens with zero attached hydrogens (tertiary/aromatic N) is 2. The van der Waals surface area contributed by atoms with Crippen molar-refractivity contribution in [1.82, 2.24) is 9.88 Å². The van der Waals surface area contributed by atoms with Gasteiger partial charge in [-0.15, -0.1) is 0 Å². The van der Waals surface area contributed by atoms with Crippen LogP contribution in [0.3, 0.4) is 0 Å². The molecular formula is C23H20N2O4. The fourth-order valence-corrected chi connectivity index (χ4v) is 5.77. The lowest BCUT2D eigenvalue weighted by Crippen LogP contribution is -2.40. The van der Waals surface area contributed by atoms with E-state index in [1.165, 1.54) is 4.90 Å². The highest BCUT2D eigenvalue weighted by Crippen LogP contribution is 2.65. The molecule has 2 aromatic rings. The molecule has 6 heteroatoms. The molecule has 2 bridgehead atoms. The first-order valence-electron chi connectivity index (χ1n) is 10.2. The number of aromatic nitrogens is 1. The minimum absolute atomic E-state index is 0.0181. The van der Waals surface area contributed by atoms with Crippen LogP contribution in [0.2, 0.25) is 0 Å². The largest absolute Gasteiger partial charge is 0.424 e. The molecule has 1 aromatic heterocycles. The van der Waals surface area contributed by atoms with Gasteiger partial charge in [0.25, 0.3) is 0 Å². The van der Waals surface area contributed by atoms with Gasteiger partial charge in [0, 0.05) is 18.1 Å². The van der Waals surface area contributed by atoms with E-state index >= 15 is 0 Å². The van der Waals surface area contributed by atoms with Crippen molar-refractivity contribution >= 4 is 28.7 Å². The number of para-hydroxylation sites is 1. The lowest BCUT2D eigenvalue weighted by Gasteiger charge is -2.37. The van der Waals surface area contributed by atoms with E-state index in [-0.39, 0.29) is 48.5 Å². The maximum absolute atomic E-state index is 13.0. The number of imide groups is 1. The number of hydrogen-bond donors (Lipinski definition) is 0. The third-order valence-corrected chi connectivity index (χ3v) is 7.11. The zero-order valence-electron chi connectivity index (χ0n) is 15.7. The smallest absolute Gasteiger partial charge is 0.313 e. The maximum Gasteiger partial charge on any atom is 0.313 e. The molecule has 6 nitrogen and oxygen atoms in total. The third kappa shape index (κ3) is 2.41. The number of ether oxygens (including phenoxy) is 1. The van der Waals surface area contributed by atoms with Crippen LogP contribution in [-0.2, 0) is 14.4 Å². The highest BCUT2D eigenvalue weighted by atomic mass is 16.5. The number of pyridine rings is 1. The quantitative estimate of drug-likeness (QED) is 0.348. The molecule has 0 N–H and O–H groups in total. The summed E-state index contributed by atoms with van der Waals surface area (Å²) >= 11 is 0. The molecule has 1 saturated heterocycles. The molecule has 1 aliphatic heterocycles. The molecule has 7 rings (SSSR count). The van der Waals surface area contributed by atoms with E-state index in [9.17, 15) is 14.4 Å². The van der Waals surface area contributed by atoms with Crippen molar-refractivity contribution < 1.29 is 19.1 Å². The molecule has 29 heavy (non-hydrogen) atoms. The fraction of sp³-hybridized carbons (Fsp3) is 0.391. The van der Waals surface area contributed by atoms with E-state index in [0.29, 0.717) is 23.1 Å². The summed E-state index contributed by atoms with van der Waals surface area (Å²) in [7, 11) is 0. The second-order valence-corrected chi connectivity index (χ2v) is 8.54. The van der Waals surface area contributed by atoms with Gasteiger partial charge in [0.2, 0.25) is 11.8 Å². The fourth-order valence-electron chi connectivity index (χ4n) is 5.77. The Hall–Kier alpha value is -3.02. The van der Waals surface area contributed by atoms with Crippen LogP contribution in [0, 0.1) is 35.5 Å². The molecule has 1 aromatic carbocycles. The summed E-state index contributed by atoms with van der Waals surface area (Å²) in [5, 5.41) is 0.883. The van der Waals surface area contributed by atoms with Crippen LogP contribution in [0.15, 0.2) is 48.7 Å². The lowest BCUT2D eigenvalue weighted by molar-refractivity contribution is -0.141. The SMILES string of the molecule is O=C(CCN1C(=O)[C@@H]2[C@H]3C=C[C@@H]([C@@H]4C[C@@H]34)[C@@H]2C1=O)Oc1cccc2cccnc12. The van der Waals surface area contributed by atoms with Crippen LogP contribution >= 0.6 is 0 Å². The molecule has 6 atom stereocenters.